The minimum Gasteiger partial charge on any atom is -0.466 e. The summed E-state index contributed by atoms with van der Waals surface area (Å²) in [4.78, 5) is 31.7. The Labute approximate surface area is 182 Å². The summed E-state index contributed by atoms with van der Waals surface area (Å²) in [6.45, 7) is 6.53. The molecule has 8 nitrogen and oxygen atoms in total. The maximum Gasteiger partial charge on any atom is 0.317 e. The number of hydrogen-bond donors (Lipinski definition) is 0. The average molecular weight is 439 g/mol. The second-order valence-corrected chi connectivity index (χ2v) is 8.65. The maximum absolute atomic E-state index is 13.5. The molecule has 0 saturated carbocycles. The number of benzene rings is 1. The predicted octanol–water partition coefficient (Wildman–Crippen LogP) is 1.47. The van der Waals surface area contributed by atoms with Gasteiger partial charge in [0.25, 0.3) is 5.56 Å². The third-order valence-corrected chi connectivity index (χ3v) is 6.67. The molecule has 9 heteroatoms. The molecule has 3 unspecified atom stereocenters. The molecule has 0 N–H and O–H groups in total. The number of ether oxygens (including phenoxy) is 2. The quantitative estimate of drug-likeness (QED) is 0.576. The molecule has 0 spiro atoms. The summed E-state index contributed by atoms with van der Waals surface area (Å²) < 4.78 is 15.5. The first-order chi connectivity index (χ1) is 14.9. The molecular weight excluding hydrogens is 416 g/mol. The molecule has 4 heterocycles. The zero-order chi connectivity index (χ0) is 21.8. The van der Waals surface area contributed by atoms with E-state index in [1.165, 1.54) is 11.3 Å². The summed E-state index contributed by atoms with van der Waals surface area (Å²) in [5.74, 6) is -0.575. The van der Waals surface area contributed by atoms with Crippen molar-refractivity contribution in [3.8, 4) is 5.75 Å². The highest BCUT2D eigenvalue weighted by Gasteiger charge is 2.55. The van der Waals surface area contributed by atoms with Crippen LogP contribution >= 0.6 is 11.3 Å². The minimum atomic E-state index is -1.16. The molecule has 0 aliphatic carbocycles. The molecular formula is C22H22N4O4S. The van der Waals surface area contributed by atoms with Gasteiger partial charge in [0.15, 0.2) is 4.80 Å². The largest absolute Gasteiger partial charge is 0.466 e. The van der Waals surface area contributed by atoms with Crippen LogP contribution in [0.2, 0.25) is 0 Å². The topological polar surface area (TPSA) is 87.7 Å². The molecule has 0 saturated heterocycles. The number of hydrogen-bond acceptors (Lipinski definition) is 7. The van der Waals surface area contributed by atoms with Gasteiger partial charge in [-0.1, -0.05) is 29.5 Å². The summed E-state index contributed by atoms with van der Waals surface area (Å²) >= 11 is 1.28. The lowest BCUT2D eigenvalue weighted by atomic mass is 9.81. The molecule has 0 radical (unpaired) electrons. The van der Waals surface area contributed by atoms with Crippen LogP contribution in [0.3, 0.4) is 0 Å². The second kappa shape index (κ2) is 7.19. The Hall–Kier alpha value is -3.20. The van der Waals surface area contributed by atoms with Crippen molar-refractivity contribution < 1.29 is 14.3 Å². The number of aromatic nitrogens is 3. The normalized spacial score (nSPS) is 24.0. The van der Waals surface area contributed by atoms with Gasteiger partial charge in [-0.3, -0.25) is 18.8 Å². The van der Waals surface area contributed by atoms with E-state index in [0.717, 1.165) is 12.1 Å². The fourth-order valence-electron chi connectivity index (χ4n) is 4.30. The second-order valence-electron chi connectivity index (χ2n) is 7.65. The number of carbonyl (C=O) groups is 1. The SMILES string of the molecule is CCOC(=O)C1C2c3ccccc3OC1(C)N=c1sc(=Cc3ccn(CC)n3)c(=O)n12. The third-order valence-electron chi connectivity index (χ3n) is 5.68. The maximum atomic E-state index is 13.5. The van der Waals surface area contributed by atoms with E-state index in [1.807, 2.05) is 43.5 Å². The highest BCUT2D eigenvalue weighted by atomic mass is 32.1. The Morgan fingerprint density at radius 3 is 2.87 bits per heavy atom. The zero-order valence-electron chi connectivity index (χ0n) is 17.4. The van der Waals surface area contributed by atoms with Crippen molar-refractivity contribution in [2.24, 2.45) is 10.9 Å². The summed E-state index contributed by atoms with van der Waals surface area (Å²) in [6, 6.07) is 8.77. The van der Waals surface area contributed by atoms with Gasteiger partial charge in [0.1, 0.15) is 11.7 Å². The van der Waals surface area contributed by atoms with Crippen molar-refractivity contribution in [3.63, 3.8) is 0 Å². The molecule has 3 atom stereocenters. The Morgan fingerprint density at radius 2 is 2.13 bits per heavy atom. The first kappa shape index (κ1) is 19.7. The monoisotopic (exact) mass is 438 g/mol. The number of nitrogens with zero attached hydrogens (tertiary/aromatic N) is 4. The van der Waals surface area contributed by atoms with Gasteiger partial charge >= 0.3 is 5.97 Å². The standard InChI is InChI=1S/C22H22N4O4S/c1-4-25-11-10-13(24-25)12-16-19(27)26-18-14-8-6-7-9-15(14)30-22(3,23-21(26)31-16)17(18)20(28)29-5-2/h6-12,17-18H,4-5H2,1-3H3. The molecule has 2 bridgehead atoms. The van der Waals surface area contributed by atoms with E-state index in [-0.39, 0.29) is 12.2 Å². The van der Waals surface area contributed by atoms with E-state index in [2.05, 4.69) is 5.10 Å². The number of aryl methyl sites for hydroxylation is 1. The Balaban J connectivity index is 1.75. The molecule has 2 aliphatic rings. The predicted molar refractivity (Wildman–Crippen MR) is 115 cm³/mol. The number of carbonyl (C=O) groups excluding carboxylic acids is 1. The number of rotatable bonds is 4. The van der Waals surface area contributed by atoms with Gasteiger partial charge in [0.05, 0.1) is 22.9 Å². The van der Waals surface area contributed by atoms with Crippen LogP contribution in [-0.4, -0.2) is 32.6 Å². The minimum absolute atomic E-state index is 0.201. The first-order valence-electron chi connectivity index (χ1n) is 10.3. The molecule has 160 valence electrons. The number of thiazole rings is 1. The highest BCUT2D eigenvalue weighted by Crippen LogP contribution is 2.47. The Kier molecular flexibility index (Phi) is 4.58. The third kappa shape index (κ3) is 3.03. The van der Waals surface area contributed by atoms with E-state index < -0.39 is 23.7 Å². The van der Waals surface area contributed by atoms with Crippen LogP contribution in [0.1, 0.15) is 38.1 Å². The fraction of sp³-hybridized carbons (Fsp3) is 0.364. The van der Waals surface area contributed by atoms with Gasteiger partial charge in [-0.05, 0) is 39.0 Å². The van der Waals surface area contributed by atoms with Gasteiger partial charge in [-0.15, -0.1) is 0 Å². The van der Waals surface area contributed by atoms with Crippen LogP contribution in [0, 0.1) is 5.92 Å². The molecule has 0 fully saturated rings. The number of esters is 1. The summed E-state index contributed by atoms with van der Waals surface area (Å²) in [6.07, 6.45) is 3.63. The van der Waals surface area contributed by atoms with E-state index in [0.29, 0.717) is 20.8 Å². The van der Waals surface area contributed by atoms with Crippen molar-refractivity contribution in [1.29, 1.82) is 0 Å². The molecule has 5 rings (SSSR count). The molecule has 3 aromatic rings. The van der Waals surface area contributed by atoms with Gasteiger partial charge in [0.2, 0.25) is 5.72 Å². The first-order valence-corrected chi connectivity index (χ1v) is 11.1. The van der Waals surface area contributed by atoms with Gasteiger partial charge in [-0.25, -0.2) is 4.99 Å². The molecule has 2 aromatic heterocycles. The summed E-state index contributed by atoms with van der Waals surface area (Å²) in [7, 11) is 0. The van der Waals surface area contributed by atoms with Crippen LogP contribution in [0.5, 0.6) is 5.75 Å². The van der Waals surface area contributed by atoms with Gasteiger partial charge in [-0.2, -0.15) is 5.10 Å². The van der Waals surface area contributed by atoms with Crippen molar-refractivity contribution >= 4 is 23.4 Å². The Bertz CT molecular complexity index is 1350. The van der Waals surface area contributed by atoms with E-state index in [4.69, 9.17) is 14.5 Å². The van der Waals surface area contributed by atoms with Crippen LogP contribution in [-0.2, 0) is 16.1 Å². The van der Waals surface area contributed by atoms with Crippen molar-refractivity contribution in [2.45, 2.75) is 39.1 Å². The lowest BCUT2D eigenvalue weighted by Crippen LogP contribution is -2.58. The number of fused-ring (bicyclic) bond motifs is 6. The van der Waals surface area contributed by atoms with Gasteiger partial charge < -0.3 is 9.47 Å². The summed E-state index contributed by atoms with van der Waals surface area (Å²) in [5.41, 5.74) is 0.110. The van der Waals surface area contributed by atoms with Crippen LogP contribution in [0.4, 0.5) is 0 Å². The lowest BCUT2D eigenvalue weighted by Gasteiger charge is -2.44. The molecule has 1 aromatic carbocycles. The van der Waals surface area contributed by atoms with E-state index in [9.17, 15) is 9.59 Å². The van der Waals surface area contributed by atoms with Crippen molar-refractivity contribution in [3.05, 3.63) is 67.5 Å². The molecule has 0 amide bonds. The highest BCUT2D eigenvalue weighted by molar-refractivity contribution is 7.07. The fourth-order valence-corrected chi connectivity index (χ4v) is 5.38. The average Bonchev–Trinajstić information content (AvgIpc) is 3.31. The van der Waals surface area contributed by atoms with Crippen molar-refractivity contribution in [1.82, 2.24) is 14.3 Å². The molecule has 2 aliphatic heterocycles. The van der Waals surface area contributed by atoms with E-state index >= 15 is 0 Å². The smallest absolute Gasteiger partial charge is 0.317 e. The van der Waals surface area contributed by atoms with Crippen LogP contribution in [0.25, 0.3) is 6.08 Å². The molecule has 31 heavy (non-hydrogen) atoms. The Morgan fingerprint density at radius 1 is 1.32 bits per heavy atom. The number of para-hydroxylation sites is 1. The lowest BCUT2D eigenvalue weighted by molar-refractivity contribution is -0.160. The van der Waals surface area contributed by atoms with Crippen LogP contribution in [0.15, 0.2) is 46.3 Å². The zero-order valence-corrected chi connectivity index (χ0v) is 18.3. The van der Waals surface area contributed by atoms with Gasteiger partial charge in [0, 0.05) is 18.3 Å². The van der Waals surface area contributed by atoms with Crippen molar-refractivity contribution in [2.75, 3.05) is 6.61 Å². The van der Waals surface area contributed by atoms with E-state index in [1.54, 1.807) is 29.2 Å². The summed E-state index contributed by atoms with van der Waals surface area (Å²) in [5, 5.41) is 4.45. The van der Waals surface area contributed by atoms with Crippen LogP contribution < -0.4 is 19.6 Å².